The molecule has 1 amide bonds. The molecule has 1 heterocycles. The molecular weight excluding hydrogens is 178 g/mol. The summed E-state index contributed by atoms with van der Waals surface area (Å²) >= 11 is 0. The van der Waals surface area contributed by atoms with Crippen LogP contribution < -0.4 is 5.32 Å². The maximum Gasteiger partial charge on any atom is 0.222 e. The Kier molecular flexibility index (Phi) is 3.68. The van der Waals surface area contributed by atoms with Crippen molar-refractivity contribution in [3.05, 3.63) is 18.5 Å². The second kappa shape index (κ2) is 4.79. The van der Waals surface area contributed by atoms with Crippen molar-refractivity contribution in [3.63, 3.8) is 0 Å². The van der Waals surface area contributed by atoms with Crippen molar-refractivity contribution in [2.45, 2.75) is 33.4 Å². The summed E-state index contributed by atoms with van der Waals surface area (Å²) in [6.07, 6.45) is 3.62. The number of hydrogen-bond donors (Lipinski definition) is 1. The van der Waals surface area contributed by atoms with E-state index in [1.807, 2.05) is 37.7 Å². The van der Waals surface area contributed by atoms with Crippen molar-refractivity contribution in [1.82, 2.24) is 15.1 Å². The first-order valence-corrected chi connectivity index (χ1v) is 4.87. The molecule has 1 rings (SSSR count). The molecule has 0 aliphatic heterocycles. The van der Waals surface area contributed by atoms with E-state index in [0.717, 1.165) is 0 Å². The van der Waals surface area contributed by atoms with E-state index in [0.29, 0.717) is 6.54 Å². The number of nitrogens with one attached hydrogen (secondary N) is 1. The van der Waals surface area contributed by atoms with Crippen molar-refractivity contribution in [2.24, 2.45) is 5.92 Å². The standard InChI is InChI=1S/C10H17N3O/c1-8(2)10(14)12-9(3)7-13-6-4-5-11-13/h4-6,8-9H,7H2,1-3H3,(H,12,14). The first kappa shape index (κ1) is 10.8. The van der Waals surface area contributed by atoms with Gasteiger partial charge in [-0.25, -0.2) is 0 Å². The third-order valence-corrected chi connectivity index (χ3v) is 1.93. The number of amides is 1. The lowest BCUT2D eigenvalue weighted by molar-refractivity contribution is -0.124. The van der Waals surface area contributed by atoms with E-state index in [4.69, 9.17) is 0 Å². The number of aromatic nitrogens is 2. The summed E-state index contributed by atoms with van der Waals surface area (Å²) in [5.41, 5.74) is 0. The van der Waals surface area contributed by atoms with E-state index in [9.17, 15) is 4.79 Å². The van der Waals surface area contributed by atoms with Gasteiger partial charge in [-0.1, -0.05) is 13.8 Å². The van der Waals surface area contributed by atoms with Gasteiger partial charge < -0.3 is 5.32 Å². The van der Waals surface area contributed by atoms with Gasteiger partial charge in [-0.3, -0.25) is 9.48 Å². The van der Waals surface area contributed by atoms with E-state index in [2.05, 4.69) is 10.4 Å². The van der Waals surface area contributed by atoms with Crippen LogP contribution in [0, 0.1) is 5.92 Å². The lowest BCUT2D eigenvalue weighted by atomic mass is 10.2. The molecule has 0 radical (unpaired) electrons. The van der Waals surface area contributed by atoms with Crippen LogP contribution in [0.1, 0.15) is 20.8 Å². The highest BCUT2D eigenvalue weighted by molar-refractivity contribution is 5.78. The Hall–Kier alpha value is -1.32. The molecule has 0 aliphatic rings. The van der Waals surface area contributed by atoms with Crippen LogP contribution >= 0.6 is 0 Å². The summed E-state index contributed by atoms with van der Waals surface area (Å²) in [6, 6.07) is 1.99. The Morgan fingerprint density at radius 1 is 1.50 bits per heavy atom. The summed E-state index contributed by atoms with van der Waals surface area (Å²) in [5, 5.41) is 6.99. The number of carbonyl (C=O) groups is 1. The van der Waals surface area contributed by atoms with Crippen LogP contribution in [0.25, 0.3) is 0 Å². The molecule has 4 nitrogen and oxygen atoms in total. The molecule has 0 saturated carbocycles. The van der Waals surface area contributed by atoms with Gasteiger partial charge in [0.05, 0.1) is 6.54 Å². The SMILES string of the molecule is CC(Cn1cccn1)NC(=O)C(C)C. The molecule has 4 heteroatoms. The molecule has 0 saturated heterocycles. The zero-order chi connectivity index (χ0) is 10.6. The number of hydrogen-bond acceptors (Lipinski definition) is 2. The van der Waals surface area contributed by atoms with Gasteiger partial charge in [-0.2, -0.15) is 5.10 Å². The molecule has 0 fully saturated rings. The summed E-state index contributed by atoms with van der Waals surface area (Å²) in [7, 11) is 0. The molecule has 14 heavy (non-hydrogen) atoms. The lowest BCUT2D eigenvalue weighted by Crippen LogP contribution is -2.38. The van der Waals surface area contributed by atoms with E-state index in [1.165, 1.54) is 0 Å². The van der Waals surface area contributed by atoms with Gasteiger partial charge in [0.1, 0.15) is 0 Å². The van der Waals surface area contributed by atoms with Gasteiger partial charge in [0.25, 0.3) is 0 Å². The average molecular weight is 195 g/mol. The smallest absolute Gasteiger partial charge is 0.222 e. The molecule has 1 unspecified atom stereocenters. The number of carbonyl (C=O) groups excluding carboxylic acids is 1. The van der Waals surface area contributed by atoms with E-state index >= 15 is 0 Å². The Bertz CT molecular complexity index is 280. The lowest BCUT2D eigenvalue weighted by Gasteiger charge is -2.15. The Labute approximate surface area is 84.3 Å². The predicted octanol–water partition coefficient (Wildman–Crippen LogP) is 1.04. The highest BCUT2D eigenvalue weighted by Crippen LogP contribution is 1.95. The van der Waals surface area contributed by atoms with Crippen molar-refractivity contribution < 1.29 is 4.79 Å². The summed E-state index contributed by atoms with van der Waals surface area (Å²) in [6.45, 7) is 6.46. The van der Waals surface area contributed by atoms with Crippen molar-refractivity contribution in [3.8, 4) is 0 Å². The minimum Gasteiger partial charge on any atom is -0.352 e. The minimum absolute atomic E-state index is 0.0371. The van der Waals surface area contributed by atoms with Crippen LogP contribution in [-0.4, -0.2) is 21.7 Å². The van der Waals surface area contributed by atoms with Gasteiger partial charge in [-0.15, -0.1) is 0 Å². The molecule has 1 aromatic heterocycles. The quantitative estimate of drug-likeness (QED) is 0.780. The second-order valence-electron chi connectivity index (χ2n) is 3.79. The molecule has 78 valence electrons. The Morgan fingerprint density at radius 2 is 2.21 bits per heavy atom. The molecule has 0 aliphatic carbocycles. The molecular formula is C10H17N3O. The monoisotopic (exact) mass is 195 g/mol. The van der Waals surface area contributed by atoms with E-state index in [-0.39, 0.29) is 17.9 Å². The summed E-state index contributed by atoms with van der Waals surface area (Å²) in [4.78, 5) is 11.3. The van der Waals surface area contributed by atoms with Gasteiger partial charge in [-0.05, 0) is 13.0 Å². The normalized spacial score (nSPS) is 12.9. The fourth-order valence-corrected chi connectivity index (χ4v) is 1.14. The van der Waals surface area contributed by atoms with Crippen LogP contribution in [-0.2, 0) is 11.3 Å². The maximum atomic E-state index is 11.3. The van der Waals surface area contributed by atoms with Gasteiger partial charge in [0, 0.05) is 24.4 Å². The topological polar surface area (TPSA) is 46.9 Å². The highest BCUT2D eigenvalue weighted by atomic mass is 16.1. The third kappa shape index (κ3) is 3.20. The average Bonchev–Trinajstić information content (AvgIpc) is 2.56. The van der Waals surface area contributed by atoms with Gasteiger partial charge >= 0.3 is 0 Å². The first-order valence-electron chi connectivity index (χ1n) is 4.87. The van der Waals surface area contributed by atoms with Crippen LogP contribution in [0.3, 0.4) is 0 Å². The third-order valence-electron chi connectivity index (χ3n) is 1.93. The fourth-order valence-electron chi connectivity index (χ4n) is 1.14. The maximum absolute atomic E-state index is 11.3. The molecule has 0 spiro atoms. The van der Waals surface area contributed by atoms with Gasteiger partial charge in [0.15, 0.2) is 0 Å². The van der Waals surface area contributed by atoms with E-state index in [1.54, 1.807) is 6.20 Å². The van der Waals surface area contributed by atoms with Crippen molar-refractivity contribution >= 4 is 5.91 Å². The first-order chi connectivity index (χ1) is 6.59. The van der Waals surface area contributed by atoms with E-state index < -0.39 is 0 Å². The fraction of sp³-hybridized carbons (Fsp3) is 0.600. The molecule has 0 aromatic carbocycles. The summed E-state index contributed by atoms with van der Waals surface area (Å²) in [5.74, 6) is 0.125. The number of rotatable bonds is 4. The van der Waals surface area contributed by atoms with Crippen LogP contribution in [0.5, 0.6) is 0 Å². The number of nitrogens with zero attached hydrogens (tertiary/aromatic N) is 2. The molecule has 1 N–H and O–H groups in total. The van der Waals surface area contributed by atoms with Crippen molar-refractivity contribution in [1.29, 1.82) is 0 Å². The highest BCUT2D eigenvalue weighted by Gasteiger charge is 2.10. The predicted molar refractivity (Wildman–Crippen MR) is 54.7 cm³/mol. The molecule has 0 bridgehead atoms. The second-order valence-corrected chi connectivity index (χ2v) is 3.79. The van der Waals surface area contributed by atoms with Crippen LogP contribution in [0.4, 0.5) is 0 Å². The summed E-state index contributed by atoms with van der Waals surface area (Å²) < 4.78 is 1.81. The zero-order valence-electron chi connectivity index (χ0n) is 8.90. The Morgan fingerprint density at radius 3 is 2.71 bits per heavy atom. The Balaban J connectivity index is 2.36. The van der Waals surface area contributed by atoms with Crippen molar-refractivity contribution in [2.75, 3.05) is 0 Å². The zero-order valence-corrected chi connectivity index (χ0v) is 8.90. The van der Waals surface area contributed by atoms with Gasteiger partial charge in [0.2, 0.25) is 5.91 Å². The molecule has 1 atom stereocenters. The van der Waals surface area contributed by atoms with Crippen LogP contribution in [0.2, 0.25) is 0 Å². The molecule has 1 aromatic rings. The van der Waals surface area contributed by atoms with Crippen LogP contribution in [0.15, 0.2) is 18.5 Å². The largest absolute Gasteiger partial charge is 0.352 e. The minimum atomic E-state index is 0.0371.